The van der Waals surface area contributed by atoms with E-state index in [0.29, 0.717) is 0 Å². The first kappa shape index (κ1) is 9.19. The van der Waals surface area contributed by atoms with Crippen molar-refractivity contribution < 1.29 is 10.3 Å². The molecule has 1 aromatic rings. The molecule has 0 saturated heterocycles. The summed E-state index contributed by atoms with van der Waals surface area (Å²) in [7, 11) is 1.51. The van der Waals surface area contributed by atoms with Crippen LogP contribution in [0.25, 0.3) is 0 Å². The van der Waals surface area contributed by atoms with Crippen molar-refractivity contribution in [3.63, 3.8) is 0 Å². The van der Waals surface area contributed by atoms with E-state index in [2.05, 4.69) is 0 Å². The highest BCUT2D eigenvalue weighted by Gasteiger charge is 2.07. The van der Waals surface area contributed by atoms with Gasteiger partial charge in [-0.25, -0.2) is 0 Å². The quantitative estimate of drug-likeness (QED) is 0.661. The molecule has 0 aliphatic heterocycles. The molecule has 0 bridgehead atoms. The van der Waals surface area contributed by atoms with E-state index in [-0.39, 0.29) is 6.54 Å². The average molecular weight is 167 g/mol. The van der Waals surface area contributed by atoms with Crippen molar-refractivity contribution in [1.29, 1.82) is 0 Å². The van der Waals surface area contributed by atoms with Crippen LogP contribution < -0.4 is 0 Å². The molecular weight excluding hydrogens is 154 g/mol. The molecule has 0 aliphatic carbocycles. The van der Waals surface area contributed by atoms with Crippen molar-refractivity contribution in [2.45, 2.75) is 6.10 Å². The summed E-state index contributed by atoms with van der Waals surface area (Å²) >= 11 is 0. The molecule has 0 radical (unpaired) electrons. The number of hydrogen-bond acceptors (Lipinski definition) is 3. The van der Waals surface area contributed by atoms with Crippen LogP contribution in [0.15, 0.2) is 30.3 Å². The molecule has 3 nitrogen and oxygen atoms in total. The molecule has 0 heterocycles. The van der Waals surface area contributed by atoms with Crippen LogP contribution in [0.1, 0.15) is 11.7 Å². The minimum Gasteiger partial charge on any atom is -0.387 e. The van der Waals surface area contributed by atoms with Crippen LogP contribution in [-0.2, 0) is 0 Å². The molecule has 0 amide bonds. The van der Waals surface area contributed by atoms with Gasteiger partial charge >= 0.3 is 0 Å². The highest BCUT2D eigenvalue weighted by Crippen LogP contribution is 2.11. The first-order chi connectivity index (χ1) is 5.70. The largest absolute Gasteiger partial charge is 0.387 e. The molecule has 1 unspecified atom stereocenters. The van der Waals surface area contributed by atoms with Gasteiger partial charge in [0.25, 0.3) is 0 Å². The lowest BCUT2D eigenvalue weighted by Gasteiger charge is -2.14. The van der Waals surface area contributed by atoms with Gasteiger partial charge in [0.05, 0.1) is 12.6 Å². The number of nitrogens with zero attached hydrogens (tertiary/aromatic N) is 1. The van der Waals surface area contributed by atoms with E-state index in [0.717, 1.165) is 10.6 Å². The second-order valence-corrected chi connectivity index (χ2v) is 2.77. The molecule has 2 N–H and O–H groups in total. The second-order valence-electron chi connectivity index (χ2n) is 2.77. The third-order valence-electron chi connectivity index (χ3n) is 1.62. The number of aliphatic hydroxyl groups excluding tert-OH is 1. The van der Waals surface area contributed by atoms with E-state index in [1.54, 1.807) is 0 Å². The molecule has 66 valence electrons. The molecule has 0 fully saturated rings. The lowest BCUT2D eigenvalue weighted by molar-refractivity contribution is -0.0906. The van der Waals surface area contributed by atoms with Gasteiger partial charge in [-0.05, 0) is 5.56 Å². The van der Waals surface area contributed by atoms with Gasteiger partial charge < -0.3 is 10.3 Å². The van der Waals surface area contributed by atoms with E-state index in [9.17, 15) is 5.11 Å². The van der Waals surface area contributed by atoms with E-state index in [4.69, 9.17) is 5.21 Å². The zero-order chi connectivity index (χ0) is 8.97. The topological polar surface area (TPSA) is 43.7 Å². The molecule has 0 aliphatic rings. The number of likely N-dealkylation sites (N-methyl/N-ethyl adjacent to an activating group) is 1. The summed E-state index contributed by atoms with van der Waals surface area (Å²) in [6.45, 7) is 0.226. The van der Waals surface area contributed by atoms with Gasteiger partial charge in [0, 0.05) is 7.05 Å². The number of hydroxylamine groups is 2. The van der Waals surface area contributed by atoms with Crippen LogP contribution in [0.4, 0.5) is 0 Å². The van der Waals surface area contributed by atoms with Crippen molar-refractivity contribution in [3.05, 3.63) is 35.9 Å². The van der Waals surface area contributed by atoms with Gasteiger partial charge in [-0.1, -0.05) is 30.3 Å². The molecule has 0 saturated carbocycles. The molecule has 12 heavy (non-hydrogen) atoms. The Morgan fingerprint density at radius 2 is 1.92 bits per heavy atom. The Labute approximate surface area is 71.8 Å². The Kier molecular flexibility index (Phi) is 3.22. The monoisotopic (exact) mass is 167 g/mol. The predicted molar refractivity (Wildman–Crippen MR) is 45.8 cm³/mol. The lowest BCUT2D eigenvalue weighted by atomic mass is 10.1. The normalized spacial score (nSPS) is 13.3. The number of aliphatic hydroxyl groups is 1. The number of benzene rings is 1. The van der Waals surface area contributed by atoms with Crippen LogP contribution in [0, 0.1) is 0 Å². The second kappa shape index (κ2) is 4.21. The maximum absolute atomic E-state index is 9.49. The zero-order valence-corrected chi connectivity index (χ0v) is 7.01. The van der Waals surface area contributed by atoms with Crippen molar-refractivity contribution in [2.24, 2.45) is 0 Å². The summed E-state index contributed by atoms with van der Waals surface area (Å²) in [5.41, 5.74) is 0.818. The third-order valence-corrected chi connectivity index (χ3v) is 1.62. The molecule has 0 aromatic heterocycles. The summed E-state index contributed by atoms with van der Waals surface area (Å²) in [4.78, 5) is 0. The fourth-order valence-corrected chi connectivity index (χ4v) is 1.03. The third kappa shape index (κ3) is 2.62. The van der Waals surface area contributed by atoms with Crippen molar-refractivity contribution in [1.82, 2.24) is 5.06 Å². The van der Waals surface area contributed by atoms with E-state index in [1.807, 2.05) is 30.3 Å². The molecule has 1 aromatic carbocycles. The Morgan fingerprint density at radius 3 is 2.42 bits per heavy atom. The molecular formula is C9H13NO2. The fourth-order valence-electron chi connectivity index (χ4n) is 1.03. The maximum atomic E-state index is 9.49. The van der Waals surface area contributed by atoms with Gasteiger partial charge in [-0.3, -0.25) is 0 Å². The van der Waals surface area contributed by atoms with Crippen molar-refractivity contribution >= 4 is 0 Å². The fraction of sp³-hybridized carbons (Fsp3) is 0.333. The first-order valence-corrected chi connectivity index (χ1v) is 3.83. The zero-order valence-electron chi connectivity index (χ0n) is 7.01. The van der Waals surface area contributed by atoms with Crippen LogP contribution in [-0.4, -0.2) is 29.0 Å². The number of rotatable bonds is 3. The van der Waals surface area contributed by atoms with E-state index >= 15 is 0 Å². The van der Waals surface area contributed by atoms with Crippen LogP contribution in [0.2, 0.25) is 0 Å². The predicted octanol–water partition coefficient (Wildman–Crippen LogP) is 1.04. The van der Waals surface area contributed by atoms with Crippen molar-refractivity contribution in [2.75, 3.05) is 13.6 Å². The molecule has 0 spiro atoms. The van der Waals surface area contributed by atoms with Crippen LogP contribution in [0.5, 0.6) is 0 Å². The van der Waals surface area contributed by atoms with E-state index in [1.165, 1.54) is 7.05 Å². The minimum atomic E-state index is -0.624. The highest BCUT2D eigenvalue weighted by molar-refractivity contribution is 5.17. The summed E-state index contributed by atoms with van der Waals surface area (Å²) in [6, 6.07) is 9.26. The SMILES string of the molecule is CN(O)CC(O)c1ccccc1. The van der Waals surface area contributed by atoms with Gasteiger partial charge in [0.2, 0.25) is 0 Å². The Bertz CT molecular complexity index is 223. The summed E-state index contributed by atoms with van der Waals surface area (Å²) in [5, 5.41) is 19.3. The average Bonchev–Trinajstić information content (AvgIpc) is 2.05. The summed E-state index contributed by atoms with van der Waals surface area (Å²) in [5.74, 6) is 0. The van der Waals surface area contributed by atoms with Crippen molar-refractivity contribution in [3.8, 4) is 0 Å². The van der Waals surface area contributed by atoms with Gasteiger partial charge in [-0.2, -0.15) is 5.06 Å². The minimum absolute atomic E-state index is 0.226. The Hall–Kier alpha value is -0.900. The summed E-state index contributed by atoms with van der Waals surface area (Å²) in [6.07, 6.45) is -0.624. The van der Waals surface area contributed by atoms with Gasteiger partial charge in [-0.15, -0.1) is 0 Å². The standard InChI is InChI=1S/C9H13NO2/c1-10(12)7-9(11)8-5-3-2-4-6-8/h2-6,9,11-12H,7H2,1H3. The van der Waals surface area contributed by atoms with Gasteiger partial charge in [0.15, 0.2) is 0 Å². The highest BCUT2D eigenvalue weighted by atomic mass is 16.5. The van der Waals surface area contributed by atoms with Crippen LogP contribution in [0.3, 0.4) is 0 Å². The van der Waals surface area contributed by atoms with Gasteiger partial charge in [0.1, 0.15) is 0 Å². The Morgan fingerprint density at radius 1 is 1.33 bits per heavy atom. The van der Waals surface area contributed by atoms with E-state index < -0.39 is 6.10 Å². The first-order valence-electron chi connectivity index (χ1n) is 3.83. The molecule has 1 rings (SSSR count). The maximum Gasteiger partial charge on any atom is 0.0940 e. The smallest absolute Gasteiger partial charge is 0.0940 e. The molecule has 1 atom stereocenters. The number of hydrogen-bond donors (Lipinski definition) is 2. The van der Waals surface area contributed by atoms with Crippen LogP contribution >= 0.6 is 0 Å². The Balaban J connectivity index is 2.59. The summed E-state index contributed by atoms with van der Waals surface area (Å²) < 4.78 is 0. The lowest BCUT2D eigenvalue weighted by Crippen LogP contribution is -2.20. The molecule has 3 heteroatoms.